The Hall–Kier alpha value is -2.44. The summed E-state index contributed by atoms with van der Waals surface area (Å²) in [5.74, 6) is 0.810. The van der Waals surface area contributed by atoms with E-state index in [0.717, 1.165) is 28.6 Å². The lowest BCUT2D eigenvalue weighted by molar-refractivity contribution is -0.119. The Morgan fingerprint density at radius 1 is 1.20 bits per heavy atom. The van der Waals surface area contributed by atoms with Crippen molar-refractivity contribution in [1.82, 2.24) is 10.1 Å². The average Bonchev–Trinajstić information content (AvgIpc) is 3.33. The molecule has 130 valence electrons. The highest BCUT2D eigenvalue weighted by molar-refractivity contribution is 7.14. The monoisotopic (exact) mass is 355 g/mol. The van der Waals surface area contributed by atoms with Gasteiger partial charge in [-0.15, -0.1) is 11.3 Å². The molecule has 6 heteroatoms. The molecule has 3 aromatic rings. The maximum atomic E-state index is 12.5. The summed E-state index contributed by atoms with van der Waals surface area (Å²) < 4.78 is 5.44. The maximum Gasteiger partial charge on any atom is 0.241 e. The normalized spacial score (nSPS) is 11.0. The number of likely N-dealkylation sites (N-methyl/N-ethyl adjacent to an activating group) is 2. The minimum Gasteiger partial charge on any atom is -0.356 e. The summed E-state index contributed by atoms with van der Waals surface area (Å²) >= 11 is 1.56. The first kappa shape index (κ1) is 17.4. The van der Waals surface area contributed by atoms with Crippen LogP contribution < -0.4 is 4.90 Å². The zero-order valence-corrected chi connectivity index (χ0v) is 15.2. The summed E-state index contributed by atoms with van der Waals surface area (Å²) in [5.41, 5.74) is 1.82. The second-order valence-electron chi connectivity index (χ2n) is 5.76. The molecule has 0 bridgehead atoms. The summed E-state index contributed by atoms with van der Waals surface area (Å²) in [5, 5.41) is 7.06. The molecule has 0 atom stereocenters. The van der Waals surface area contributed by atoms with Crippen molar-refractivity contribution in [3.63, 3.8) is 0 Å². The number of hydrogen-bond donors (Lipinski definition) is 0. The van der Waals surface area contributed by atoms with Crippen LogP contribution in [-0.2, 0) is 11.3 Å². The van der Waals surface area contributed by atoms with Crippen LogP contribution >= 0.6 is 11.3 Å². The number of hydrogen-bond acceptors (Lipinski definition) is 5. The van der Waals surface area contributed by atoms with E-state index in [1.54, 1.807) is 16.2 Å². The Morgan fingerprint density at radius 2 is 2.00 bits per heavy atom. The van der Waals surface area contributed by atoms with Gasteiger partial charge in [0, 0.05) is 25.2 Å². The van der Waals surface area contributed by atoms with Gasteiger partial charge in [-0.25, -0.2) is 0 Å². The van der Waals surface area contributed by atoms with E-state index in [0.29, 0.717) is 13.1 Å². The second kappa shape index (κ2) is 8.09. The molecule has 2 heterocycles. The number of anilines is 1. The molecular weight excluding hydrogens is 334 g/mol. The quantitative estimate of drug-likeness (QED) is 0.645. The van der Waals surface area contributed by atoms with Gasteiger partial charge in [0.25, 0.3) is 0 Å². The van der Waals surface area contributed by atoms with Crippen LogP contribution in [0.15, 0.2) is 58.4 Å². The highest BCUT2D eigenvalue weighted by atomic mass is 32.1. The lowest BCUT2D eigenvalue weighted by atomic mass is 10.1. The number of aromatic nitrogens is 1. The molecule has 0 saturated heterocycles. The maximum absolute atomic E-state index is 12.5. The fraction of sp³-hybridized carbons (Fsp3) is 0.263. The molecular formula is C19H21N3O2S. The Labute approximate surface area is 151 Å². The van der Waals surface area contributed by atoms with Gasteiger partial charge < -0.3 is 9.42 Å². The first-order chi connectivity index (χ1) is 12.2. The smallest absolute Gasteiger partial charge is 0.241 e. The van der Waals surface area contributed by atoms with Gasteiger partial charge in [-0.05, 0) is 24.1 Å². The van der Waals surface area contributed by atoms with Crippen LogP contribution in [0.3, 0.4) is 0 Å². The first-order valence-corrected chi connectivity index (χ1v) is 9.08. The lowest BCUT2D eigenvalue weighted by Gasteiger charge is -2.22. The topological polar surface area (TPSA) is 49.6 Å². The predicted molar refractivity (Wildman–Crippen MR) is 101 cm³/mol. The zero-order chi connectivity index (χ0) is 17.6. The second-order valence-corrected chi connectivity index (χ2v) is 6.68. The van der Waals surface area contributed by atoms with Gasteiger partial charge in [-0.2, -0.15) is 0 Å². The molecule has 0 aliphatic carbocycles. The summed E-state index contributed by atoms with van der Waals surface area (Å²) in [4.78, 5) is 16.2. The van der Waals surface area contributed by atoms with Crippen molar-refractivity contribution in [2.45, 2.75) is 13.5 Å². The Kier molecular flexibility index (Phi) is 5.63. The van der Waals surface area contributed by atoms with Crippen molar-refractivity contribution in [2.24, 2.45) is 0 Å². The number of thiophene rings is 1. The van der Waals surface area contributed by atoms with Crippen LogP contribution in [0.25, 0.3) is 11.3 Å². The number of rotatable bonds is 7. The molecule has 0 saturated carbocycles. The predicted octanol–water partition coefficient (Wildman–Crippen LogP) is 3.89. The fourth-order valence-electron chi connectivity index (χ4n) is 2.51. The zero-order valence-electron chi connectivity index (χ0n) is 14.4. The molecule has 0 spiro atoms. The molecule has 0 unspecified atom stereocenters. The molecule has 25 heavy (non-hydrogen) atoms. The summed E-state index contributed by atoms with van der Waals surface area (Å²) in [6.07, 6.45) is 0. The van der Waals surface area contributed by atoms with E-state index in [1.165, 1.54) is 0 Å². The van der Waals surface area contributed by atoms with E-state index in [4.69, 9.17) is 4.52 Å². The van der Waals surface area contributed by atoms with E-state index in [1.807, 2.05) is 67.9 Å². The molecule has 0 radical (unpaired) electrons. The van der Waals surface area contributed by atoms with E-state index >= 15 is 0 Å². The molecule has 0 fully saturated rings. The van der Waals surface area contributed by atoms with Crippen LogP contribution in [-0.4, -0.2) is 36.1 Å². The standard InChI is InChI=1S/C19H21N3O2S/c1-3-22(14-18(23)21(2)19-10-7-11-25-19)13-16-12-17(24-20-16)15-8-5-4-6-9-15/h4-12H,3,13-14H2,1-2H3. The summed E-state index contributed by atoms with van der Waals surface area (Å²) in [7, 11) is 1.81. The SMILES string of the molecule is CCN(CC(=O)N(C)c1cccs1)Cc1cc(-c2ccccc2)on1. The van der Waals surface area contributed by atoms with Crippen molar-refractivity contribution in [1.29, 1.82) is 0 Å². The average molecular weight is 355 g/mol. The third-order valence-electron chi connectivity index (χ3n) is 4.02. The fourth-order valence-corrected chi connectivity index (χ4v) is 3.23. The van der Waals surface area contributed by atoms with Crippen molar-refractivity contribution in [2.75, 3.05) is 25.0 Å². The van der Waals surface area contributed by atoms with Crippen molar-refractivity contribution in [3.05, 3.63) is 59.6 Å². The minimum atomic E-state index is 0.0658. The number of carbonyl (C=O) groups excluding carboxylic acids is 1. The van der Waals surface area contributed by atoms with Crippen LogP contribution in [0.4, 0.5) is 5.00 Å². The highest BCUT2D eigenvalue weighted by Gasteiger charge is 2.17. The van der Waals surface area contributed by atoms with Gasteiger partial charge in [0.2, 0.25) is 5.91 Å². The molecule has 5 nitrogen and oxygen atoms in total. The molecule has 0 N–H and O–H groups in total. The van der Waals surface area contributed by atoms with Gasteiger partial charge in [0.05, 0.1) is 17.2 Å². The summed E-state index contributed by atoms with van der Waals surface area (Å²) in [6.45, 7) is 3.73. The summed E-state index contributed by atoms with van der Waals surface area (Å²) in [6, 6.07) is 15.7. The highest BCUT2D eigenvalue weighted by Crippen LogP contribution is 2.21. The van der Waals surface area contributed by atoms with Gasteiger partial charge in [0.1, 0.15) is 0 Å². The van der Waals surface area contributed by atoms with Gasteiger partial charge in [-0.3, -0.25) is 9.69 Å². The molecule has 0 aliphatic rings. The van der Waals surface area contributed by atoms with Crippen LogP contribution in [0.2, 0.25) is 0 Å². The van der Waals surface area contributed by atoms with E-state index in [9.17, 15) is 4.79 Å². The molecule has 1 aromatic carbocycles. The van der Waals surface area contributed by atoms with Gasteiger partial charge in [0.15, 0.2) is 5.76 Å². The van der Waals surface area contributed by atoms with E-state index < -0.39 is 0 Å². The Bertz CT molecular complexity index is 799. The first-order valence-electron chi connectivity index (χ1n) is 8.20. The molecule has 3 rings (SSSR count). The van der Waals surface area contributed by atoms with Crippen molar-refractivity contribution >= 4 is 22.2 Å². The number of amides is 1. The number of benzene rings is 1. The Balaban J connectivity index is 1.62. The van der Waals surface area contributed by atoms with Crippen molar-refractivity contribution < 1.29 is 9.32 Å². The number of carbonyl (C=O) groups is 1. The molecule has 2 aromatic heterocycles. The van der Waals surface area contributed by atoms with Crippen LogP contribution in [0, 0.1) is 0 Å². The third-order valence-corrected chi connectivity index (χ3v) is 4.96. The number of nitrogens with zero attached hydrogens (tertiary/aromatic N) is 3. The van der Waals surface area contributed by atoms with E-state index in [2.05, 4.69) is 10.1 Å². The molecule has 0 aliphatic heterocycles. The third kappa shape index (κ3) is 4.35. The lowest BCUT2D eigenvalue weighted by Crippen LogP contribution is -2.37. The van der Waals surface area contributed by atoms with E-state index in [-0.39, 0.29) is 5.91 Å². The molecule has 1 amide bonds. The van der Waals surface area contributed by atoms with Crippen molar-refractivity contribution in [3.8, 4) is 11.3 Å². The van der Waals surface area contributed by atoms with Gasteiger partial charge in [-0.1, -0.05) is 42.4 Å². The van der Waals surface area contributed by atoms with Crippen LogP contribution in [0.1, 0.15) is 12.6 Å². The minimum absolute atomic E-state index is 0.0658. The van der Waals surface area contributed by atoms with Crippen LogP contribution in [0.5, 0.6) is 0 Å². The largest absolute Gasteiger partial charge is 0.356 e. The van der Waals surface area contributed by atoms with Gasteiger partial charge >= 0.3 is 0 Å². The Morgan fingerprint density at radius 3 is 2.68 bits per heavy atom.